The minimum absolute atomic E-state index is 0.170. The summed E-state index contributed by atoms with van der Waals surface area (Å²) in [5, 5.41) is 0. The van der Waals surface area contributed by atoms with Gasteiger partial charge in [-0.1, -0.05) is 57.9 Å². The first-order valence-corrected chi connectivity index (χ1v) is 6.65. The van der Waals surface area contributed by atoms with E-state index in [0.717, 1.165) is 32.0 Å². The molecule has 0 radical (unpaired) electrons. The Bertz CT molecular complexity index is 262. The molecule has 0 aromatic heterocycles. The van der Waals surface area contributed by atoms with Crippen molar-refractivity contribution in [3.63, 3.8) is 0 Å². The van der Waals surface area contributed by atoms with Gasteiger partial charge in [-0.15, -0.1) is 0 Å². The van der Waals surface area contributed by atoms with Crippen LogP contribution in [0.1, 0.15) is 52.4 Å². The van der Waals surface area contributed by atoms with E-state index in [0.29, 0.717) is 6.42 Å². The third-order valence-corrected chi connectivity index (χ3v) is 2.15. The molecule has 0 aliphatic carbocycles. The van der Waals surface area contributed by atoms with Crippen molar-refractivity contribution in [1.29, 1.82) is 0 Å². The van der Waals surface area contributed by atoms with Crippen LogP contribution in [0, 0.1) is 0 Å². The van der Waals surface area contributed by atoms with Crippen LogP contribution >= 0.6 is 0 Å². The number of carbonyl (C=O) groups is 2. The summed E-state index contributed by atoms with van der Waals surface area (Å²) < 4.78 is 0. The van der Waals surface area contributed by atoms with Gasteiger partial charge < -0.3 is 0 Å². The van der Waals surface area contributed by atoms with Crippen LogP contribution in [0.5, 0.6) is 0 Å². The van der Waals surface area contributed by atoms with Crippen molar-refractivity contribution in [1.82, 2.24) is 0 Å². The van der Waals surface area contributed by atoms with Crippen molar-refractivity contribution in [3.05, 3.63) is 37.0 Å². The first-order valence-electron chi connectivity index (χ1n) is 6.65. The zero-order valence-electron chi connectivity index (χ0n) is 11.7. The first-order chi connectivity index (χ1) is 8.72. The van der Waals surface area contributed by atoms with Gasteiger partial charge in [0.2, 0.25) is 0 Å². The van der Waals surface area contributed by atoms with Gasteiger partial charge in [0.1, 0.15) is 6.29 Å². The Balaban J connectivity index is 0. The summed E-state index contributed by atoms with van der Waals surface area (Å²) in [6.45, 7) is 7.63. The molecular weight excluding hydrogens is 224 g/mol. The van der Waals surface area contributed by atoms with Crippen LogP contribution < -0.4 is 0 Å². The van der Waals surface area contributed by atoms with Crippen LogP contribution in [-0.2, 0) is 9.59 Å². The molecule has 0 bridgehead atoms. The molecule has 0 saturated heterocycles. The van der Waals surface area contributed by atoms with Crippen molar-refractivity contribution in [2.75, 3.05) is 0 Å². The lowest BCUT2D eigenvalue weighted by Crippen LogP contribution is -1.90. The summed E-state index contributed by atoms with van der Waals surface area (Å²) in [5.41, 5.74) is 0. The highest BCUT2D eigenvalue weighted by Gasteiger charge is 1.92. The Morgan fingerprint density at radius 3 is 2.28 bits per heavy atom. The van der Waals surface area contributed by atoms with Crippen LogP contribution in [0.25, 0.3) is 0 Å². The Hall–Kier alpha value is -1.44. The molecule has 2 nitrogen and oxygen atoms in total. The standard InChI is InChI=1S/C8H14O.C8H12O/c1-3-5-6-7-8(9)4-2;1-2-3-4-5-6-7-8-9/h4H,2-3,5-7H2,1H3;4-8H,2-3H2,1H3/b;5-4+,7-6+. The topological polar surface area (TPSA) is 34.1 Å². The highest BCUT2D eigenvalue weighted by Crippen LogP contribution is 1.99. The van der Waals surface area contributed by atoms with Crippen molar-refractivity contribution in [2.24, 2.45) is 0 Å². The largest absolute Gasteiger partial charge is 0.299 e. The smallest absolute Gasteiger partial charge is 0.155 e. The summed E-state index contributed by atoms with van der Waals surface area (Å²) >= 11 is 0. The molecule has 0 atom stereocenters. The van der Waals surface area contributed by atoms with Crippen LogP contribution in [0.4, 0.5) is 0 Å². The monoisotopic (exact) mass is 250 g/mol. The van der Waals surface area contributed by atoms with Crippen LogP contribution in [0.15, 0.2) is 37.0 Å². The van der Waals surface area contributed by atoms with Gasteiger partial charge in [0.25, 0.3) is 0 Å². The van der Waals surface area contributed by atoms with E-state index < -0.39 is 0 Å². The predicted octanol–water partition coefficient (Wildman–Crippen LogP) is 4.42. The summed E-state index contributed by atoms with van der Waals surface area (Å²) in [5.74, 6) is 0.170. The fourth-order valence-electron chi connectivity index (χ4n) is 1.10. The fraction of sp³-hybridized carbons (Fsp3) is 0.500. The Morgan fingerprint density at radius 1 is 1.06 bits per heavy atom. The highest BCUT2D eigenvalue weighted by molar-refractivity contribution is 5.88. The van der Waals surface area contributed by atoms with Gasteiger partial charge in [-0.25, -0.2) is 0 Å². The summed E-state index contributed by atoms with van der Waals surface area (Å²) in [4.78, 5) is 20.3. The van der Waals surface area contributed by atoms with Crippen LogP contribution in [0.2, 0.25) is 0 Å². The Morgan fingerprint density at radius 2 is 1.78 bits per heavy atom. The second-order valence-electron chi connectivity index (χ2n) is 3.87. The molecule has 18 heavy (non-hydrogen) atoms. The average Bonchev–Trinajstić information content (AvgIpc) is 2.39. The number of hydrogen-bond donors (Lipinski definition) is 0. The second kappa shape index (κ2) is 17.9. The average molecular weight is 250 g/mol. The van der Waals surface area contributed by atoms with Gasteiger partial charge in [0.15, 0.2) is 5.78 Å². The highest BCUT2D eigenvalue weighted by atomic mass is 16.1. The van der Waals surface area contributed by atoms with E-state index in [4.69, 9.17) is 0 Å². The molecule has 0 amide bonds. The minimum Gasteiger partial charge on any atom is -0.299 e. The molecule has 0 spiro atoms. The van der Waals surface area contributed by atoms with Crippen molar-refractivity contribution < 1.29 is 9.59 Å². The van der Waals surface area contributed by atoms with E-state index in [-0.39, 0.29) is 5.78 Å². The van der Waals surface area contributed by atoms with E-state index in [9.17, 15) is 9.59 Å². The zero-order chi connectivity index (χ0) is 14.1. The van der Waals surface area contributed by atoms with Crippen molar-refractivity contribution >= 4 is 12.1 Å². The molecule has 0 aliphatic rings. The van der Waals surface area contributed by atoms with E-state index in [1.165, 1.54) is 18.6 Å². The van der Waals surface area contributed by atoms with Gasteiger partial charge in [-0.2, -0.15) is 0 Å². The van der Waals surface area contributed by atoms with E-state index in [1.54, 1.807) is 6.08 Å². The lowest BCUT2D eigenvalue weighted by atomic mass is 10.1. The second-order valence-corrected chi connectivity index (χ2v) is 3.87. The zero-order valence-corrected chi connectivity index (χ0v) is 11.7. The van der Waals surface area contributed by atoms with Gasteiger partial charge in [0.05, 0.1) is 0 Å². The van der Waals surface area contributed by atoms with Crippen molar-refractivity contribution in [2.45, 2.75) is 52.4 Å². The molecule has 0 N–H and O–H groups in total. The molecule has 0 rings (SSSR count). The molecule has 0 heterocycles. The van der Waals surface area contributed by atoms with Crippen LogP contribution in [0.3, 0.4) is 0 Å². The number of allylic oxidation sites excluding steroid dienone is 5. The molecule has 2 heteroatoms. The molecule has 0 aliphatic heterocycles. The van der Waals surface area contributed by atoms with E-state index >= 15 is 0 Å². The van der Waals surface area contributed by atoms with Crippen LogP contribution in [-0.4, -0.2) is 12.1 Å². The number of unbranched alkanes of at least 4 members (excludes halogenated alkanes) is 3. The molecule has 0 unspecified atom stereocenters. The molecule has 0 aromatic carbocycles. The summed E-state index contributed by atoms with van der Waals surface area (Å²) in [7, 11) is 0. The molecule has 0 fully saturated rings. The maximum Gasteiger partial charge on any atom is 0.155 e. The van der Waals surface area contributed by atoms with Gasteiger partial charge >= 0.3 is 0 Å². The molecule has 102 valence electrons. The van der Waals surface area contributed by atoms with E-state index in [2.05, 4.69) is 20.4 Å². The summed E-state index contributed by atoms with van der Waals surface area (Å²) in [6.07, 6.45) is 15.6. The number of hydrogen-bond acceptors (Lipinski definition) is 2. The SMILES string of the molecule is C=CC(=O)CCCCC.CCC/C=C/C=C/C=O. The predicted molar refractivity (Wildman–Crippen MR) is 78.6 cm³/mol. The summed E-state index contributed by atoms with van der Waals surface area (Å²) in [6, 6.07) is 0. The Kier molecular flexibility index (Phi) is 18.8. The first kappa shape index (κ1) is 18.9. The fourth-order valence-corrected chi connectivity index (χ4v) is 1.10. The molecule has 0 aromatic rings. The maximum atomic E-state index is 10.6. The minimum atomic E-state index is 0.170. The number of carbonyl (C=O) groups excluding carboxylic acids is 2. The third-order valence-electron chi connectivity index (χ3n) is 2.15. The third kappa shape index (κ3) is 20.0. The Labute approximate surface area is 111 Å². The van der Waals surface area contributed by atoms with Gasteiger partial charge in [-0.3, -0.25) is 9.59 Å². The lowest BCUT2D eigenvalue weighted by Gasteiger charge is -1.91. The van der Waals surface area contributed by atoms with Gasteiger partial charge in [0, 0.05) is 6.42 Å². The molecular formula is C16H26O2. The normalized spacial score (nSPS) is 10.1. The molecule has 0 saturated carbocycles. The number of aldehydes is 1. The number of rotatable bonds is 9. The number of ketones is 1. The lowest BCUT2D eigenvalue weighted by molar-refractivity contribution is -0.114. The van der Waals surface area contributed by atoms with Crippen molar-refractivity contribution in [3.8, 4) is 0 Å². The van der Waals surface area contributed by atoms with Gasteiger partial charge in [-0.05, 0) is 25.0 Å². The maximum absolute atomic E-state index is 10.6. The van der Waals surface area contributed by atoms with E-state index in [1.807, 2.05) is 12.2 Å². The quantitative estimate of drug-likeness (QED) is 0.263.